The van der Waals surface area contributed by atoms with Crippen LogP contribution in [0, 0.1) is 0 Å². The van der Waals surface area contributed by atoms with Crippen LogP contribution in [0.15, 0.2) is 70.5 Å². The maximum absolute atomic E-state index is 10.8. The van der Waals surface area contributed by atoms with Gasteiger partial charge in [-0.15, -0.1) is 0 Å². The van der Waals surface area contributed by atoms with Crippen LogP contribution < -0.4 is 11.1 Å². The predicted molar refractivity (Wildman–Crippen MR) is 99.0 cm³/mol. The Kier molecular flexibility index (Phi) is 6.69. The van der Waals surface area contributed by atoms with Crippen molar-refractivity contribution in [1.29, 1.82) is 0 Å². The number of hydrogen-bond acceptors (Lipinski definition) is 5. The molecule has 0 radical (unpaired) electrons. The lowest BCUT2D eigenvalue weighted by Gasteiger charge is -1.92. The van der Waals surface area contributed by atoms with E-state index in [1.54, 1.807) is 24.5 Å². The van der Waals surface area contributed by atoms with Crippen molar-refractivity contribution in [3.8, 4) is 0 Å². The molecule has 0 aliphatic rings. The van der Waals surface area contributed by atoms with Gasteiger partial charge in [0.05, 0.1) is 0 Å². The van der Waals surface area contributed by atoms with Crippen molar-refractivity contribution >= 4 is 29.9 Å². The van der Waals surface area contributed by atoms with E-state index in [1.807, 2.05) is 24.3 Å². The van der Waals surface area contributed by atoms with Crippen LogP contribution >= 0.6 is 7.82 Å². The fraction of sp³-hybridized carbons (Fsp3) is 0. The second kappa shape index (κ2) is 8.97. The van der Waals surface area contributed by atoms with Crippen LogP contribution in [0.3, 0.4) is 0 Å². The van der Waals surface area contributed by atoms with E-state index < -0.39 is 7.82 Å². The van der Waals surface area contributed by atoms with E-state index in [2.05, 4.69) is 19.9 Å². The fourth-order valence-electron chi connectivity index (χ4n) is 1.96. The van der Waals surface area contributed by atoms with Crippen molar-refractivity contribution in [3.05, 3.63) is 81.6 Å². The van der Waals surface area contributed by atoms with Crippen molar-refractivity contribution in [1.82, 2.24) is 19.9 Å². The molecule has 4 aromatic rings. The van der Waals surface area contributed by atoms with Gasteiger partial charge < -0.3 is 24.6 Å². The molecule has 0 bridgehead atoms. The molecule has 0 amide bonds. The first-order chi connectivity index (χ1) is 12.7. The number of aromatic amines is 2. The topological polar surface area (TPSA) is 169 Å². The van der Waals surface area contributed by atoms with Crippen LogP contribution in [0.2, 0.25) is 0 Å². The van der Waals surface area contributed by atoms with E-state index in [9.17, 15) is 9.59 Å². The van der Waals surface area contributed by atoms with Crippen LogP contribution in [0.4, 0.5) is 0 Å². The fourth-order valence-corrected chi connectivity index (χ4v) is 1.96. The van der Waals surface area contributed by atoms with Gasteiger partial charge in [-0.05, 0) is 36.4 Å². The van der Waals surface area contributed by atoms with Gasteiger partial charge in [-0.2, -0.15) is 0 Å². The van der Waals surface area contributed by atoms with Crippen molar-refractivity contribution < 1.29 is 19.2 Å². The van der Waals surface area contributed by atoms with E-state index in [0.717, 1.165) is 10.8 Å². The average molecular weight is 390 g/mol. The number of aromatic nitrogens is 4. The first-order valence-corrected chi connectivity index (χ1v) is 8.95. The minimum absolute atomic E-state index is 0.115. The third kappa shape index (κ3) is 7.30. The summed E-state index contributed by atoms with van der Waals surface area (Å²) in [6.45, 7) is 0. The van der Waals surface area contributed by atoms with Crippen LogP contribution in [0.1, 0.15) is 0 Å². The van der Waals surface area contributed by atoms with Crippen LogP contribution in [-0.4, -0.2) is 34.6 Å². The normalized spacial score (nSPS) is 10.5. The molecule has 10 nitrogen and oxygen atoms in total. The van der Waals surface area contributed by atoms with Crippen molar-refractivity contribution in [2.24, 2.45) is 0 Å². The summed E-state index contributed by atoms with van der Waals surface area (Å²) < 4.78 is 8.88. The summed E-state index contributed by atoms with van der Waals surface area (Å²) in [7, 11) is -4.64. The second-order valence-corrected chi connectivity index (χ2v) is 6.07. The first kappa shape index (κ1) is 20.1. The summed E-state index contributed by atoms with van der Waals surface area (Å²) in [4.78, 5) is 56.4. The standard InChI is InChI=1S/2C8H6N2O.H3O4P/c2*11-7-4-3-6-2-1-5-9-8(6)10-7;1-5(2,3)4/h2*1-5H,(H,9,10,11);(H3,1,2,3,4). The first-order valence-electron chi connectivity index (χ1n) is 7.39. The highest BCUT2D eigenvalue weighted by atomic mass is 31.2. The van der Waals surface area contributed by atoms with Gasteiger partial charge in [0.25, 0.3) is 0 Å². The Morgan fingerprint density at radius 2 is 1.07 bits per heavy atom. The number of rotatable bonds is 0. The Hall–Kier alpha value is -3.17. The van der Waals surface area contributed by atoms with Crippen molar-refractivity contribution in [2.45, 2.75) is 0 Å². The highest BCUT2D eigenvalue weighted by Crippen LogP contribution is 2.25. The molecular formula is C16H15N4O6P. The second-order valence-electron chi connectivity index (χ2n) is 5.04. The number of fused-ring (bicyclic) bond motifs is 2. The summed E-state index contributed by atoms with van der Waals surface area (Å²) in [5, 5.41) is 1.90. The van der Waals surface area contributed by atoms with E-state index in [4.69, 9.17) is 19.2 Å². The molecule has 5 N–H and O–H groups in total. The summed E-state index contributed by atoms with van der Waals surface area (Å²) >= 11 is 0. The van der Waals surface area contributed by atoms with Crippen LogP contribution in [0.25, 0.3) is 22.1 Å². The third-order valence-electron chi connectivity index (χ3n) is 2.99. The Balaban J connectivity index is 0.000000157. The Morgan fingerprint density at radius 1 is 0.704 bits per heavy atom. The van der Waals surface area contributed by atoms with Crippen LogP contribution in [-0.2, 0) is 4.57 Å². The van der Waals surface area contributed by atoms with Gasteiger partial charge >= 0.3 is 7.82 Å². The molecular weight excluding hydrogens is 375 g/mol. The molecule has 0 fully saturated rings. The van der Waals surface area contributed by atoms with Crippen molar-refractivity contribution in [3.63, 3.8) is 0 Å². The SMILES string of the molecule is O=P(O)(O)O.O=c1ccc2cccnc2[nH]1.O=c1ccc2cccnc2[nH]1. The zero-order valence-corrected chi connectivity index (χ0v) is 14.6. The Labute approximate surface area is 151 Å². The van der Waals surface area contributed by atoms with E-state index in [1.165, 1.54) is 12.1 Å². The van der Waals surface area contributed by atoms with E-state index in [0.29, 0.717) is 11.3 Å². The number of hydrogen-bond donors (Lipinski definition) is 5. The summed E-state index contributed by atoms with van der Waals surface area (Å²) in [5.41, 5.74) is 1.05. The molecule has 4 aromatic heterocycles. The van der Waals surface area contributed by atoms with Gasteiger partial charge in [-0.1, -0.05) is 0 Å². The maximum atomic E-state index is 10.8. The van der Waals surface area contributed by atoms with Gasteiger partial charge in [-0.25, -0.2) is 14.5 Å². The lowest BCUT2D eigenvalue weighted by Crippen LogP contribution is -2.02. The molecule has 4 heterocycles. The van der Waals surface area contributed by atoms with Crippen LogP contribution in [0.5, 0.6) is 0 Å². The number of nitrogens with one attached hydrogen (secondary N) is 2. The van der Waals surface area contributed by atoms with Gasteiger partial charge in [0, 0.05) is 35.3 Å². The average Bonchev–Trinajstić information content (AvgIpc) is 2.60. The molecule has 0 atom stereocenters. The molecule has 140 valence electrons. The minimum atomic E-state index is -4.64. The van der Waals surface area contributed by atoms with E-state index in [-0.39, 0.29) is 11.1 Å². The van der Waals surface area contributed by atoms with Gasteiger partial charge in [0.15, 0.2) is 0 Å². The Morgan fingerprint density at radius 3 is 1.44 bits per heavy atom. The third-order valence-corrected chi connectivity index (χ3v) is 2.99. The smallest absolute Gasteiger partial charge is 0.307 e. The molecule has 0 aliphatic heterocycles. The molecule has 0 aromatic carbocycles. The zero-order valence-electron chi connectivity index (χ0n) is 13.7. The highest BCUT2D eigenvalue weighted by molar-refractivity contribution is 7.45. The molecule has 0 aliphatic carbocycles. The largest absolute Gasteiger partial charge is 0.466 e. The summed E-state index contributed by atoms with van der Waals surface area (Å²) in [5.74, 6) is 0. The van der Waals surface area contributed by atoms with Gasteiger partial charge in [0.2, 0.25) is 11.1 Å². The summed E-state index contributed by atoms with van der Waals surface area (Å²) in [6.07, 6.45) is 3.30. The molecule has 0 spiro atoms. The molecule has 0 unspecified atom stereocenters. The highest BCUT2D eigenvalue weighted by Gasteiger charge is 2.00. The number of H-pyrrole nitrogens is 2. The summed E-state index contributed by atoms with van der Waals surface area (Å²) in [6, 6.07) is 14.0. The lowest BCUT2D eigenvalue weighted by molar-refractivity contribution is 0.275. The molecule has 0 saturated carbocycles. The van der Waals surface area contributed by atoms with Gasteiger partial charge in [0.1, 0.15) is 11.3 Å². The monoisotopic (exact) mass is 390 g/mol. The predicted octanol–water partition coefficient (Wildman–Crippen LogP) is 0.918. The number of pyridine rings is 4. The number of phosphoric acid groups is 1. The van der Waals surface area contributed by atoms with E-state index >= 15 is 0 Å². The molecule has 4 rings (SSSR count). The van der Waals surface area contributed by atoms with Gasteiger partial charge in [-0.3, -0.25) is 9.59 Å². The molecule has 27 heavy (non-hydrogen) atoms. The molecule has 0 saturated heterocycles. The number of nitrogens with zero attached hydrogens (tertiary/aromatic N) is 2. The van der Waals surface area contributed by atoms with Crippen molar-refractivity contribution in [2.75, 3.05) is 0 Å². The Bertz CT molecular complexity index is 1110. The maximum Gasteiger partial charge on any atom is 0.466 e. The molecule has 11 heteroatoms. The minimum Gasteiger partial charge on any atom is -0.307 e. The lowest BCUT2D eigenvalue weighted by atomic mass is 10.3. The zero-order chi connectivity index (χ0) is 19.9. The quantitative estimate of drug-likeness (QED) is 0.276.